The number of fused-ring (bicyclic) bond motifs is 1. The first-order chi connectivity index (χ1) is 11.9. The van der Waals surface area contributed by atoms with Gasteiger partial charge in [0.1, 0.15) is 0 Å². The minimum atomic E-state index is -0.0853. The number of amides is 1. The third-order valence-corrected chi connectivity index (χ3v) is 4.37. The summed E-state index contributed by atoms with van der Waals surface area (Å²) in [5.41, 5.74) is 4.33. The maximum absolute atomic E-state index is 12.3. The van der Waals surface area contributed by atoms with E-state index >= 15 is 0 Å². The van der Waals surface area contributed by atoms with Crippen molar-refractivity contribution in [2.45, 2.75) is 6.42 Å². The Hall–Kier alpha value is -3.02. The van der Waals surface area contributed by atoms with Gasteiger partial charge in [-0.3, -0.25) is 13.9 Å². The van der Waals surface area contributed by atoms with Crippen LogP contribution in [0.4, 0.5) is 11.4 Å². The van der Waals surface area contributed by atoms with E-state index in [0.717, 1.165) is 28.0 Å². The van der Waals surface area contributed by atoms with Gasteiger partial charge in [0.2, 0.25) is 5.91 Å². The van der Waals surface area contributed by atoms with Crippen LogP contribution in [0.25, 0.3) is 11.0 Å². The lowest BCUT2D eigenvalue weighted by Gasteiger charge is -2.13. The zero-order valence-corrected chi connectivity index (χ0v) is 14.9. The zero-order valence-electron chi connectivity index (χ0n) is 14.9. The number of benzene rings is 2. The average molecular weight is 338 g/mol. The molecule has 0 aliphatic heterocycles. The first-order valence-corrected chi connectivity index (χ1v) is 8.08. The molecular formula is C19H22N4O2. The first kappa shape index (κ1) is 16.8. The lowest BCUT2D eigenvalue weighted by Crippen LogP contribution is -2.19. The number of imidazole rings is 1. The molecule has 1 amide bonds. The highest BCUT2D eigenvalue weighted by Crippen LogP contribution is 2.17. The minimum Gasteiger partial charge on any atom is -0.378 e. The number of hydrogen-bond acceptors (Lipinski definition) is 3. The molecule has 0 fully saturated rings. The summed E-state index contributed by atoms with van der Waals surface area (Å²) < 4.78 is 3.20. The molecule has 0 spiro atoms. The molecule has 1 aromatic heterocycles. The fourth-order valence-corrected chi connectivity index (χ4v) is 2.90. The second-order valence-corrected chi connectivity index (χ2v) is 6.39. The van der Waals surface area contributed by atoms with E-state index in [9.17, 15) is 9.59 Å². The SMILES string of the molecule is CN(C)c1ccc(NC(=O)Cc2ccc3c(c2)n(C)c(=O)n3C)cc1. The number of aromatic nitrogens is 2. The standard InChI is InChI=1S/C19H22N4O2/c1-21(2)15-8-6-14(7-9-15)20-18(24)12-13-5-10-16-17(11-13)23(4)19(25)22(16)3/h5-11H,12H2,1-4H3,(H,20,24). The Morgan fingerprint density at radius 3 is 2.28 bits per heavy atom. The fraction of sp³-hybridized carbons (Fsp3) is 0.263. The highest BCUT2D eigenvalue weighted by molar-refractivity contribution is 5.93. The van der Waals surface area contributed by atoms with E-state index in [1.54, 1.807) is 23.2 Å². The molecule has 6 nitrogen and oxygen atoms in total. The predicted molar refractivity (Wildman–Crippen MR) is 101 cm³/mol. The van der Waals surface area contributed by atoms with Crippen molar-refractivity contribution in [3.63, 3.8) is 0 Å². The Labute approximate surface area is 146 Å². The first-order valence-electron chi connectivity index (χ1n) is 8.08. The summed E-state index contributed by atoms with van der Waals surface area (Å²) in [6.07, 6.45) is 0.258. The summed E-state index contributed by atoms with van der Waals surface area (Å²) in [6, 6.07) is 13.4. The largest absolute Gasteiger partial charge is 0.378 e. The van der Waals surface area contributed by atoms with E-state index in [1.165, 1.54) is 0 Å². The van der Waals surface area contributed by atoms with Gasteiger partial charge in [0.25, 0.3) is 0 Å². The van der Waals surface area contributed by atoms with Gasteiger partial charge in [-0.15, -0.1) is 0 Å². The number of anilines is 2. The van der Waals surface area contributed by atoms with Crippen molar-refractivity contribution in [2.75, 3.05) is 24.3 Å². The predicted octanol–water partition coefficient (Wildman–Crippen LogP) is 2.12. The summed E-state index contributed by atoms with van der Waals surface area (Å²) in [4.78, 5) is 26.3. The molecule has 3 aromatic rings. The molecule has 25 heavy (non-hydrogen) atoms. The van der Waals surface area contributed by atoms with Crippen molar-refractivity contribution >= 4 is 28.3 Å². The molecule has 1 heterocycles. The molecule has 0 aliphatic carbocycles. The van der Waals surface area contributed by atoms with Crippen LogP contribution in [0.2, 0.25) is 0 Å². The number of carbonyl (C=O) groups excluding carboxylic acids is 1. The number of carbonyl (C=O) groups is 1. The fourth-order valence-electron chi connectivity index (χ4n) is 2.90. The Kier molecular flexibility index (Phi) is 4.35. The topological polar surface area (TPSA) is 59.3 Å². The lowest BCUT2D eigenvalue weighted by molar-refractivity contribution is -0.115. The van der Waals surface area contributed by atoms with E-state index in [0.29, 0.717) is 0 Å². The summed E-state index contributed by atoms with van der Waals surface area (Å²) in [6.45, 7) is 0. The summed E-state index contributed by atoms with van der Waals surface area (Å²) >= 11 is 0. The number of nitrogens with zero attached hydrogens (tertiary/aromatic N) is 3. The van der Waals surface area contributed by atoms with Gasteiger partial charge in [0.05, 0.1) is 17.5 Å². The van der Waals surface area contributed by atoms with Gasteiger partial charge in [0.15, 0.2) is 0 Å². The van der Waals surface area contributed by atoms with Crippen LogP contribution in [0.5, 0.6) is 0 Å². The van der Waals surface area contributed by atoms with Crippen LogP contribution < -0.4 is 15.9 Å². The lowest BCUT2D eigenvalue weighted by atomic mass is 10.1. The maximum atomic E-state index is 12.3. The average Bonchev–Trinajstić information content (AvgIpc) is 2.79. The van der Waals surface area contributed by atoms with Gasteiger partial charge in [0, 0.05) is 39.6 Å². The summed E-state index contributed by atoms with van der Waals surface area (Å²) in [5, 5.41) is 2.90. The molecular weight excluding hydrogens is 316 g/mol. The van der Waals surface area contributed by atoms with Crippen LogP contribution >= 0.6 is 0 Å². The Bertz CT molecular complexity index is 981. The number of rotatable bonds is 4. The van der Waals surface area contributed by atoms with Crippen molar-refractivity contribution in [1.82, 2.24) is 9.13 Å². The third-order valence-electron chi connectivity index (χ3n) is 4.37. The minimum absolute atomic E-state index is 0.0717. The van der Waals surface area contributed by atoms with Crippen LogP contribution in [0.1, 0.15) is 5.56 Å². The van der Waals surface area contributed by atoms with Gasteiger partial charge < -0.3 is 10.2 Å². The Morgan fingerprint density at radius 2 is 1.64 bits per heavy atom. The molecule has 0 saturated carbocycles. The summed E-state index contributed by atoms with van der Waals surface area (Å²) in [7, 11) is 7.43. The molecule has 1 N–H and O–H groups in total. The molecule has 2 aromatic carbocycles. The molecule has 0 unspecified atom stereocenters. The molecule has 0 radical (unpaired) electrons. The van der Waals surface area contributed by atoms with E-state index in [2.05, 4.69) is 5.32 Å². The molecule has 0 aliphatic rings. The Balaban J connectivity index is 1.75. The van der Waals surface area contributed by atoms with Crippen LogP contribution in [0, 0.1) is 0 Å². The molecule has 3 rings (SSSR count). The van der Waals surface area contributed by atoms with Gasteiger partial charge in [-0.05, 0) is 42.0 Å². The van der Waals surface area contributed by atoms with Crippen molar-refractivity contribution in [3.05, 3.63) is 58.5 Å². The Morgan fingerprint density at radius 1 is 1.00 bits per heavy atom. The van der Waals surface area contributed by atoms with Crippen LogP contribution in [-0.4, -0.2) is 29.1 Å². The second kappa shape index (κ2) is 6.47. The molecule has 130 valence electrons. The van der Waals surface area contributed by atoms with Gasteiger partial charge in [-0.25, -0.2) is 4.79 Å². The van der Waals surface area contributed by atoms with Crippen LogP contribution in [-0.2, 0) is 25.3 Å². The van der Waals surface area contributed by atoms with E-state index in [1.807, 2.05) is 61.5 Å². The van der Waals surface area contributed by atoms with Crippen molar-refractivity contribution in [2.24, 2.45) is 14.1 Å². The summed E-state index contributed by atoms with van der Waals surface area (Å²) in [5.74, 6) is -0.0853. The van der Waals surface area contributed by atoms with Crippen molar-refractivity contribution in [3.8, 4) is 0 Å². The molecule has 0 saturated heterocycles. The van der Waals surface area contributed by atoms with Gasteiger partial charge >= 0.3 is 5.69 Å². The van der Waals surface area contributed by atoms with E-state index < -0.39 is 0 Å². The second-order valence-electron chi connectivity index (χ2n) is 6.39. The van der Waals surface area contributed by atoms with Crippen LogP contribution in [0.3, 0.4) is 0 Å². The van der Waals surface area contributed by atoms with Gasteiger partial charge in [-0.2, -0.15) is 0 Å². The van der Waals surface area contributed by atoms with Crippen LogP contribution in [0.15, 0.2) is 47.3 Å². The highest BCUT2D eigenvalue weighted by Gasteiger charge is 2.10. The molecule has 0 atom stereocenters. The highest BCUT2D eigenvalue weighted by atomic mass is 16.2. The number of aryl methyl sites for hydroxylation is 2. The van der Waals surface area contributed by atoms with E-state index in [4.69, 9.17) is 0 Å². The molecule has 0 bridgehead atoms. The number of hydrogen-bond donors (Lipinski definition) is 1. The normalized spacial score (nSPS) is 10.9. The maximum Gasteiger partial charge on any atom is 0.328 e. The molecule has 6 heteroatoms. The third kappa shape index (κ3) is 3.28. The van der Waals surface area contributed by atoms with Gasteiger partial charge in [-0.1, -0.05) is 6.07 Å². The monoisotopic (exact) mass is 338 g/mol. The zero-order chi connectivity index (χ0) is 18.1. The quantitative estimate of drug-likeness (QED) is 0.793. The van der Waals surface area contributed by atoms with Crippen molar-refractivity contribution < 1.29 is 4.79 Å². The van der Waals surface area contributed by atoms with E-state index in [-0.39, 0.29) is 18.0 Å². The number of nitrogens with one attached hydrogen (secondary N) is 1. The van der Waals surface area contributed by atoms with Crippen molar-refractivity contribution in [1.29, 1.82) is 0 Å². The smallest absolute Gasteiger partial charge is 0.328 e.